The molecule has 0 spiro atoms. The van der Waals surface area contributed by atoms with Crippen LogP contribution in [0.25, 0.3) is 5.69 Å². The number of carbonyl (C=O) groups excluding carboxylic acids is 1. The van der Waals surface area contributed by atoms with Crippen LogP contribution in [-0.4, -0.2) is 41.3 Å². The van der Waals surface area contributed by atoms with Crippen molar-refractivity contribution in [2.24, 2.45) is 5.92 Å². The molecule has 1 aromatic carbocycles. The van der Waals surface area contributed by atoms with E-state index >= 15 is 0 Å². The summed E-state index contributed by atoms with van der Waals surface area (Å²) in [4.78, 5) is 16.9. The summed E-state index contributed by atoms with van der Waals surface area (Å²) in [6.07, 6.45) is 6.64. The van der Waals surface area contributed by atoms with Gasteiger partial charge in [-0.1, -0.05) is 24.3 Å². The monoisotopic (exact) mass is 430 g/mol. The highest BCUT2D eigenvalue weighted by Gasteiger charge is 2.33. The second-order valence-electron chi connectivity index (χ2n) is 6.95. The topological polar surface area (TPSA) is 84.3 Å². The number of thiophene rings is 1. The van der Waals surface area contributed by atoms with Gasteiger partial charge in [0.1, 0.15) is 4.21 Å². The van der Waals surface area contributed by atoms with Gasteiger partial charge < -0.3 is 9.88 Å². The van der Waals surface area contributed by atoms with E-state index in [0.717, 1.165) is 11.3 Å². The third-order valence-corrected chi connectivity index (χ3v) is 8.31. The molecule has 0 saturated carbocycles. The molecule has 29 heavy (non-hydrogen) atoms. The number of para-hydroxylation sites is 1. The highest BCUT2D eigenvalue weighted by atomic mass is 32.2. The van der Waals surface area contributed by atoms with Gasteiger partial charge in [-0.3, -0.25) is 4.79 Å². The lowest BCUT2D eigenvalue weighted by atomic mass is 9.98. The van der Waals surface area contributed by atoms with E-state index in [1.165, 1.54) is 15.6 Å². The molecule has 1 atom stereocenters. The lowest BCUT2D eigenvalue weighted by Gasteiger charge is -2.30. The second-order valence-corrected chi connectivity index (χ2v) is 10.1. The van der Waals surface area contributed by atoms with Gasteiger partial charge in [0, 0.05) is 32.0 Å². The molecule has 7 nitrogen and oxygen atoms in total. The predicted octanol–water partition coefficient (Wildman–Crippen LogP) is 2.65. The molecule has 9 heteroatoms. The minimum Gasteiger partial charge on any atom is -0.352 e. The van der Waals surface area contributed by atoms with Crippen LogP contribution in [0, 0.1) is 5.92 Å². The van der Waals surface area contributed by atoms with E-state index in [1.54, 1.807) is 30.0 Å². The van der Waals surface area contributed by atoms with Gasteiger partial charge in [0.15, 0.2) is 0 Å². The maximum absolute atomic E-state index is 12.8. The smallest absolute Gasteiger partial charge is 0.252 e. The third-order valence-electron chi connectivity index (χ3n) is 5.07. The molecule has 0 unspecified atom stereocenters. The molecule has 1 saturated heterocycles. The van der Waals surface area contributed by atoms with Gasteiger partial charge in [-0.25, -0.2) is 13.4 Å². The number of amides is 1. The third kappa shape index (κ3) is 4.26. The Bertz CT molecular complexity index is 1060. The molecular formula is C20H22N4O3S2. The minimum atomic E-state index is -3.53. The number of hydrogen-bond acceptors (Lipinski definition) is 5. The molecule has 4 rings (SSSR count). The summed E-state index contributed by atoms with van der Waals surface area (Å²) in [6.45, 7) is 1.05. The summed E-state index contributed by atoms with van der Waals surface area (Å²) in [5.74, 6) is -0.463. The minimum absolute atomic E-state index is 0.114. The molecule has 1 aliphatic rings. The largest absolute Gasteiger partial charge is 0.352 e. The van der Waals surface area contributed by atoms with Crippen molar-refractivity contribution < 1.29 is 13.2 Å². The van der Waals surface area contributed by atoms with E-state index in [1.807, 2.05) is 35.0 Å². The zero-order valence-corrected chi connectivity index (χ0v) is 17.4. The molecule has 1 aliphatic heterocycles. The summed E-state index contributed by atoms with van der Waals surface area (Å²) in [5.41, 5.74) is 1.92. The second kappa shape index (κ2) is 8.48. The van der Waals surface area contributed by atoms with Crippen LogP contribution in [-0.2, 0) is 21.4 Å². The molecule has 1 amide bonds. The molecule has 2 aromatic heterocycles. The van der Waals surface area contributed by atoms with Crippen LogP contribution < -0.4 is 5.32 Å². The zero-order valence-electron chi connectivity index (χ0n) is 15.8. The van der Waals surface area contributed by atoms with Gasteiger partial charge in [0.05, 0.1) is 17.9 Å². The first-order chi connectivity index (χ1) is 14.1. The molecular weight excluding hydrogens is 408 g/mol. The molecule has 0 radical (unpaired) electrons. The fraction of sp³-hybridized carbons (Fsp3) is 0.300. The van der Waals surface area contributed by atoms with E-state index in [9.17, 15) is 13.2 Å². The first-order valence-corrected chi connectivity index (χ1v) is 11.8. The van der Waals surface area contributed by atoms with E-state index in [0.29, 0.717) is 30.1 Å². The molecule has 1 N–H and O–H groups in total. The highest BCUT2D eigenvalue weighted by molar-refractivity contribution is 7.91. The summed E-state index contributed by atoms with van der Waals surface area (Å²) in [5, 5.41) is 4.73. The Labute approximate surface area is 174 Å². The Balaban J connectivity index is 1.42. The normalized spacial score (nSPS) is 17.9. The lowest BCUT2D eigenvalue weighted by Crippen LogP contribution is -2.45. The molecule has 1 fully saturated rings. The number of benzene rings is 1. The van der Waals surface area contributed by atoms with Crippen LogP contribution in [0.15, 0.2) is 64.7 Å². The Hall–Kier alpha value is -2.49. The van der Waals surface area contributed by atoms with Crippen LogP contribution >= 0.6 is 11.3 Å². The Morgan fingerprint density at radius 3 is 2.86 bits per heavy atom. The van der Waals surface area contributed by atoms with Crippen LogP contribution in [0.4, 0.5) is 0 Å². The lowest BCUT2D eigenvalue weighted by molar-refractivity contribution is -0.126. The summed E-state index contributed by atoms with van der Waals surface area (Å²) in [6, 6.07) is 11.1. The van der Waals surface area contributed by atoms with Gasteiger partial charge >= 0.3 is 0 Å². The van der Waals surface area contributed by atoms with E-state index < -0.39 is 10.0 Å². The maximum Gasteiger partial charge on any atom is 0.252 e. The number of piperidine rings is 1. The standard InChI is InChI=1S/C20H22N4O3S2/c25-20(22-13-16-5-1-2-7-18(16)23-11-9-21-15-23)17-6-3-10-24(14-17)29(26,27)19-8-4-12-28-19/h1-2,4-5,7-9,11-12,15,17H,3,6,10,13-14H2,(H,22,25)/t17-/m0/s1. The van der Waals surface area contributed by atoms with Crippen molar-refractivity contribution in [2.75, 3.05) is 13.1 Å². The van der Waals surface area contributed by atoms with Gasteiger partial charge in [0.2, 0.25) is 5.91 Å². The predicted molar refractivity (Wildman–Crippen MR) is 111 cm³/mol. The number of hydrogen-bond donors (Lipinski definition) is 1. The average Bonchev–Trinajstić information content (AvgIpc) is 3.47. The molecule has 152 valence electrons. The summed E-state index contributed by atoms with van der Waals surface area (Å²) >= 11 is 1.20. The highest BCUT2D eigenvalue weighted by Crippen LogP contribution is 2.26. The number of aromatic nitrogens is 2. The molecule has 3 heterocycles. The van der Waals surface area contributed by atoms with Crippen molar-refractivity contribution in [3.8, 4) is 5.69 Å². The molecule has 0 aliphatic carbocycles. The molecule has 3 aromatic rings. The Kier molecular flexibility index (Phi) is 5.79. The quantitative estimate of drug-likeness (QED) is 0.652. The van der Waals surface area contributed by atoms with Crippen molar-refractivity contribution >= 4 is 27.3 Å². The van der Waals surface area contributed by atoms with E-state index in [4.69, 9.17) is 0 Å². The van der Waals surface area contributed by atoms with Gasteiger partial charge in [0.25, 0.3) is 10.0 Å². The van der Waals surface area contributed by atoms with E-state index in [-0.39, 0.29) is 18.4 Å². The number of carbonyl (C=O) groups is 1. The number of nitrogens with zero attached hydrogens (tertiary/aromatic N) is 3. The maximum atomic E-state index is 12.8. The van der Waals surface area contributed by atoms with Crippen molar-refractivity contribution in [3.05, 3.63) is 66.1 Å². The van der Waals surface area contributed by atoms with Crippen LogP contribution in [0.1, 0.15) is 18.4 Å². The van der Waals surface area contributed by atoms with E-state index in [2.05, 4.69) is 10.3 Å². The number of imidazole rings is 1. The van der Waals surface area contributed by atoms with Crippen molar-refractivity contribution in [1.82, 2.24) is 19.2 Å². The van der Waals surface area contributed by atoms with Gasteiger partial charge in [-0.05, 0) is 35.9 Å². The van der Waals surface area contributed by atoms with Gasteiger partial charge in [-0.15, -0.1) is 11.3 Å². The number of nitrogens with one attached hydrogen (secondary N) is 1. The molecule has 0 bridgehead atoms. The number of sulfonamides is 1. The number of rotatable bonds is 6. The van der Waals surface area contributed by atoms with Crippen molar-refractivity contribution in [1.29, 1.82) is 0 Å². The van der Waals surface area contributed by atoms with Gasteiger partial charge in [-0.2, -0.15) is 4.31 Å². The zero-order chi connectivity index (χ0) is 20.3. The van der Waals surface area contributed by atoms with Crippen LogP contribution in [0.5, 0.6) is 0 Å². The summed E-state index contributed by atoms with van der Waals surface area (Å²) < 4.78 is 29.2. The average molecular weight is 431 g/mol. The Morgan fingerprint density at radius 1 is 1.24 bits per heavy atom. The first kappa shape index (κ1) is 19.8. The van der Waals surface area contributed by atoms with Crippen LogP contribution in [0.2, 0.25) is 0 Å². The Morgan fingerprint density at radius 2 is 2.10 bits per heavy atom. The van der Waals surface area contributed by atoms with Crippen LogP contribution in [0.3, 0.4) is 0 Å². The SMILES string of the molecule is O=C(NCc1ccccc1-n1ccnc1)[C@H]1CCCN(S(=O)(=O)c2cccs2)C1. The van der Waals surface area contributed by atoms with Crippen molar-refractivity contribution in [3.63, 3.8) is 0 Å². The fourth-order valence-corrected chi connectivity index (χ4v) is 6.22. The first-order valence-electron chi connectivity index (χ1n) is 9.43. The summed E-state index contributed by atoms with van der Waals surface area (Å²) in [7, 11) is -3.53. The fourth-order valence-electron chi connectivity index (χ4n) is 3.55. The van der Waals surface area contributed by atoms with Crippen molar-refractivity contribution in [2.45, 2.75) is 23.6 Å².